The summed E-state index contributed by atoms with van der Waals surface area (Å²) in [5.74, 6) is 0.109. The summed E-state index contributed by atoms with van der Waals surface area (Å²) in [7, 11) is 0. The SMILES string of the molecule is CSc1ccc(Cl)c(C(=O)Nc2ccccc2CCl)c1. The van der Waals surface area contributed by atoms with Gasteiger partial charge in [-0.1, -0.05) is 29.8 Å². The van der Waals surface area contributed by atoms with Crippen LogP contribution in [-0.2, 0) is 5.88 Å². The molecule has 1 N–H and O–H groups in total. The lowest BCUT2D eigenvalue weighted by atomic mass is 10.1. The zero-order chi connectivity index (χ0) is 14.5. The third kappa shape index (κ3) is 3.48. The van der Waals surface area contributed by atoms with Gasteiger partial charge < -0.3 is 5.32 Å². The summed E-state index contributed by atoms with van der Waals surface area (Å²) in [6, 6.07) is 12.8. The van der Waals surface area contributed by atoms with Crippen molar-refractivity contribution < 1.29 is 4.79 Å². The van der Waals surface area contributed by atoms with Gasteiger partial charge in [-0.05, 0) is 36.1 Å². The van der Waals surface area contributed by atoms with Crippen molar-refractivity contribution in [3.05, 3.63) is 58.6 Å². The molecule has 0 saturated carbocycles. The van der Waals surface area contributed by atoms with E-state index in [1.54, 1.807) is 23.9 Å². The minimum absolute atomic E-state index is 0.233. The number of nitrogens with one attached hydrogen (secondary N) is 1. The Morgan fingerprint density at radius 1 is 1.25 bits per heavy atom. The third-order valence-corrected chi connectivity index (χ3v) is 4.17. The molecule has 0 aliphatic heterocycles. The van der Waals surface area contributed by atoms with Gasteiger partial charge in [0.2, 0.25) is 0 Å². The van der Waals surface area contributed by atoms with Gasteiger partial charge in [-0.2, -0.15) is 0 Å². The van der Waals surface area contributed by atoms with Gasteiger partial charge in [-0.3, -0.25) is 4.79 Å². The van der Waals surface area contributed by atoms with Crippen molar-refractivity contribution in [2.75, 3.05) is 11.6 Å². The highest BCUT2D eigenvalue weighted by Crippen LogP contribution is 2.25. The average Bonchev–Trinajstić information content (AvgIpc) is 2.48. The molecule has 5 heteroatoms. The number of carbonyl (C=O) groups is 1. The minimum Gasteiger partial charge on any atom is -0.322 e. The van der Waals surface area contributed by atoms with E-state index < -0.39 is 0 Å². The first kappa shape index (κ1) is 15.2. The first-order valence-corrected chi connectivity index (χ1v) is 8.08. The molecule has 2 aromatic rings. The van der Waals surface area contributed by atoms with Gasteiger partial charge in [0.05, 0.1) is 10.6 Å². The number of para-hydroxylation sites is 1. The zero-order valence-corrected chi connectivity index (χ0v) is 13.1. The van der Waals surface area contributed by atoms with Crippen LogP contribution in [0.25, 0.3) is 0 Å². The Hall–Kier alpha value is -1.16. The van der Waals surface area contributed by atoms with E-state index in [4.69, 9.17) is 23.2 Å². The van der Waals surface area contributed by atoms with Crippen LogP contribution in [0.15, 0.2) is 47.4 Å². The average molecular weight is 326 g/mol. The monoisotopic (exact) mass is 325 g/mol. The summed E-state index contributed by atoms with van der Waals surface area (Å²) in [4.78, 5) is 13.3. The molecular formula is C15H13Cl2NOS. The second-order valence-electron chi connectivity index (χ2n) is 4.09. The van der Waals surface area contributed by atoms with Crippen molar-refractivity contribution in [1.29, 1.82) is 0 Å². The lowest BCUT2D eigenvalue weighted by Gasteiger charge is -2.10. The van der Waals surface area contributed by atoms with E-state index in [1.165, 1.54) is 0 Å². The van der Waals surface area contributed by atoms with Crippen LogP contribution in [0, 0.1) is 0 Å². The fourth-order valence-corrected chi connectivity index (χ4v) is 2.63. The van der Waals surface area contributed by atoms with Crippen molar-refractivity contribution in [2.45, 2.75) is 10.8 Å². The van der Waals surface area contributed by atoms with E-state index in [0.29, 0.717) is 22.2 Å². The molecule has 0 aliphatic rings. The molecule has 2 aromatic carbocycles. The Balaban J connectivity index is 2.28. The van der Waals surface area contributed by atoms with E-state index >= 15 is 0 Å². The van der Waals surface area contributed by atoms with Gasteiger partial charge in [-0.15, -0.1) is 23.4 Å². The van der Waals surface area contributed by atoms with Gasteiger partial charge in [0, 0.05) is 16.5 Å². The molecule has 0 saturated heterocycles. The van der Waals surface area contributed by atoms with Crippen molar-refractivity contribution in [1.82, 2.24) is 0 Å². The maximum atomic E-state index is 12.3. The number of amides is 1. The van der Waals surface area contributed by atoms with E-state index in [0.717, 1.165) is 10.5 Å². The van der Waals surface area contributed by atoms with Gasteiger partial charge in [0.1, 0.15) is 0 Å². The largest absolute Gasteiger partial charge is 0.322 e. The highest BCUT2D eigenvalue weighted by atomic mass is 35.5. The topological polar surface area (TPSA) is 29.1 Å². The molecule has 0 bridgehead atoms. The van der Waals surface area contributed by atoms with Gasteiger partial charge in [0.15, 0.2) is 0 Å². The van der Waals surface area contributed by atoms with Crippen LogP contribution in [-0.4, -0.2) is 12.2 Å². The summed E-state index contributed by atoms with van der Waals surface area (Å²) in [6.45, 7) is 0. The van der Waals surface area contributed by atoms with Gasteiger partial charge >= 0.3 is 0 Å². The molecule has 0 aliphatic carbocycles. The number of alkyl halides is 1. The number of carbonyl (C=O) groups excluding carboxylic acids is 1. The number of hydrogen-bond acceptors (Lipinski definition) is 2. The molecule has 0 unspecified atom stereocenters. The highest BCUT2D eigenvalue weighted by molar-refractivity contribution is 7.98. The molecule has 20 heavy (non-hydrogen) atoms. The molecule has 2 rings (SSSR count). The standard InChI is InChI=1S/C15H13Cl2NOS/c1-20-11-6-7-13(17)12(8-11)15(19)18-14-5-3-2-4-10(14)9-16/h2-8H,9H2,1H3,(H,18,19). The van der Waals surface area contributed by atoms with Crippen molar-refractivity contribution in [3.8, 4) is 0 Å². The minimum atomic E-state index is -0.233. The first-order valence-electron chi connectivity index (χ1n) is 5.94. The Morgan fingerprint density at radius 3 is 2.70 bits per heavy atom. The lowest BCUT2D eigenvalue weighted by Crippen LogP contribution is -2.13. The smallest absolute Gasteiger partial charge is 0.257 e. The highest BCUT2D eigenvalue weighted by Gasteiger charge is 2.13. The van der Waals surface area contributed by atoms with Crippen LogP contribution in [0.1, 0.15) is 15.9 Å². The number of rotatable bonds is 4. The predicted molar refractivity (Wildman–Crippen MR) is 87.2 cm³/mol. The molecule has 0 radical (unpaired) electrons. The van der Waals surface area contributed by atoms with Crippen LogP contribution in [0.4, 0.5) is 5.69 Å². The number of thioether (sulfide) groups is 1. The summed E-state index contributed by atoms with van der Waals surface area (Å²) >= 11 is 13.5. The second-order valence-corrected chi connectivity index (χ2v) is 5.64. The molecule has 2 nitrogen and oxygen atoms in total. The third-order valence-electron chi connectivity index (χ3n) is 2.83. The number of halogens is 2. The molecule has 0 heterocycles. The normalized spacial score (nSPS) is 10.3. The fraction of sp³-hybridized carbons (Fsp3) is 0.133. The maximum absolute atomic E-state index is 12.3. The summed E-state index contributed by atoms with van der Waals surface area (Å²) in [6.07, 6.45) is 1.95. The molecule has 0 aromatic heterocycles. The van der Waals surface area contributed by atoms with Crippen LogP contribution >= 0.6 is 35.0 Å². The second kappa shape index (κ2) is 7.02. The molecule has 1 amide bonds. The van der Waals surface area contributed by atoms with Gasteiger partial charge in [-0.25, -0.2) is 0 Å². The molecule has 104 valence electrons. The fourth-order valence-electron chi connectivity index (χ4n) is 1.75. The van der Waals surface area contributed by atoms with Gasteiger partial charge in [0.25, 0.3) is 5.91 Å². The molecule has 0 fully saturated rings. The van der Waals surface area contributed by atoms with Crippen LogP contribution in [0.2, 0.25) is 5.02 Å². The van der Waals surface area contributed by atoms with Crippen molar-refractivity contribution in [3.63, 3.8) is 0 Å². The number of benzene rings is 2. The summed E-state index contributed by atoms with van der Waals surface area (Å²) in [5.41, 5.74) is 2.04. The van der Waals surface area contributed by atoms with Crippen LogP contribution in [0.3, 0.4) is 0 Å². The quantitative estimate of drug-likeness (QED) is 0.629. The summed E-state index contributed by atoms with van der Waals surface area (Å²) in [5, 5.41) is 3.29. The predicted octanol–water partition coefficient (Wildman–Crippen LogP) is 5.05. The number of hydrogen-bond donors (Lipinski definition) is 1. The maximum Gasteiger partial charge on any atom is 0.257 e. The van der Waals surface area contributed by atoms with Crippen molar-refractivity contribution in [2.24, 2.45) is 0 Å². The molecule has 0 atom stereocenters. The Kier molecular flexibility index (Phi) is 5.35. The first-order chi connectivity index (χ1) is 9.65. The van der Waals surface area contributed by atoms with Crippen LogP contribution < -0.4 is 5.32 Å². The lowest BCUT2D eigenvalue weighted by molar-refractivity contribution is 0.102. The number of anilines is 1. The Morgan fingerprint density at radius 2 is 2.00 bits per heavy atom. The zero-order valence-electron chi connectivity index (χ0n) is 10.8. The van der Waals surface area contributed by atoms with E-state index in [1.807, 2.05) is 36.6 Å². The van der Waals surface area contributed by atoms with E-state index in [2.05, 4.69) is 5.32 Å². The Labute approximate surface area is 132 Å². The molecule has 0 spiro atoms. The van der Waals surface area contributed by atoms with Crippen molar-refractivity contribution >= 4 is 46.6 Å². The Bertz CT molecular complexity index is 631. The molecular weight excluding hydrogens is 313 g/mol. The summed E-state index contributed by atoms with van der Waals surface area (Å²) < 4.78 is 0. The van der Waals surface area contributed by atoms with E-state index in [9.17, 15) is 4.79 Å². The van der Waals surface area contributed by atoms with E-state index in [-0.39, 0.29) is 5.91 Å². The van der Waals surface area contributed by atoms with Crippen LogP contribution in [0.5, 0.6) is 0 Å².